The van der Waals surface area contributed by atoms with Crippen molar-refractivity contribution < 1.29 is 18.0 Å². The Morgan fingerprint density at radius 1 is 0.949 bits per heavy atom. The number of nitrogens with zero attached hydrogens (tertiary/aromatic N) is 2. The molecule has 208 valence electrons. The lowest BCUT2D eigenvalue weighted by atomic mass is 10.1. The highest BCUT2D eigenvalue weighted by molar-refractivity contribution is 9.10. The average Bonchev–Trinajstić information content (AvgIpc) is 2.89. The summed E-state index contributed by atoms with van der Waals surface area (Å²) in [6, 6.07) is 18.5. The van der Waals surface area contributed by atoms with E-state index in [-0.39, 0.29) is 23.3 Å². The van der Waals surface area contributed by atoms with Crippen LogP contribution in [0.15, 0.2) is 82.2 Å². The van der Waals surface area contributed by atoms with Gasteiger partial charge in [-0.2, -0.15) is 0 Å². The lowest BCUT2D eigenvalue weighted by Crippen LogP contribution is -2.51. The van der Waals surface area contributed by atoms with Gasteiger partial charge in [-0.1, -0.05) is 83.3 Å². The fraction of sp³-hybridized carbons (Fsp3) is 0.286. The minimum absolute atomic E-state index is 0.0250. The Hall–Kier alpha value is -2.59. The molecule has 11 heteroatoms. The summed E-state index contributed by atoms with van der Waals surface area (Å²) in [5.74, 6) is -0.728. The second-order valence-corrected chi connectivity index (χ2v) is 13.0. The van der Waals surface area contributed by atoms with Crippen molar-refractivity contribution in [3.05, 3.63) is 92.9 Å². The lowest BCUT2D eigenvalue weighted by molar-refractivity contribution is -0.139. The number of hydrogen-bond acceptors (Lipinski definition) is 4. The van der Waals surface area contributed by atoms with Crippen LogP contribution in [0.4, 0.5) is 5.69 Å². The van der Waals surface area contributed by atoms with Crippen LogP contribution in [0.1, 0.15) is 26.3 Å². The number of amides is 2. The van der Waals surface area contributed by atoms with Crippen LogP contribution in [0.2, 0.25) is 10.0 Å². The predicted octanol–water partition coefficient (Wildman–Crippen LogP) is 6.14. The fourth-order valence-electron chi connectivity index (χ4n) is 3.75. The summed E-state index contributed by atoms with van der Waals surface area (Å²) >= 11 is 15.8. The molecule has 39 heavy (non-hydrogen) atoms. The van der Waals surface area contributed by atoms with Crippen LogP contribution in [0, 0.1) is 5.92 Å². The van der Waals surface area contributed by atoms with Gasteiger partial charge in [-0.3, -0.25) is 13.9 Å². The normalized spacial score (nSPS) is 12.2. The van der Waals surface area contributed by atoms with Crippen LogP contribution >= 0.6 is 39.1 Å². The number of sulfonamides is 1. The van der Waals surface area contributed by atoms with Gasteiger partial charge in [0.2, 0.25) is 11.8 Å². The van der Waals surface area contributed by atoms with Crippen molar-refractivity contribution in [1.82, 2.24) is 10.2 Å². The summed E-state index contributed by atoms with van der Waals surface area (Å²) in [7, 11) is -4.13. The van der Waals surface area contributed by atoms with E-state index < -0.39 is 28.5 Å². The molecule has 0 bridgehead atoms. The van der Waals surface area contributed by atoms with Crippen molar-refractivity contribution in [2.75, 3.05) is 17.4 Å². The third-order valence-electron chi connectivity index (χ3n) is 5.91. The lowest BCUT2D eigenvalue weighted by Gasteiger charge is -2.32. The maximum Gasteiger partial charge on any atom is 0.264 e. The molecule has 0 aliphatic heterocycles. The molecule has 0 radical (unpaired) electrons. The number of halogens is 3. The molecule has 1 unspecified atom stereocenters. The van der Waals surface area contributed by atoms with Gasteiger partial charge in [0.05, 0.1) is 10.6 Å². The first-order valence-electron chi connectivity index (χ1n) is 12.2. The van der Waals surface area contributed by atoms with Crippen LogP contribution in [-0.4, -0.2) is 44.3 Å². The molecular formula is C28H30BrCl2N3O4S. The highest BCUT2D eigenvalue weighted by Crippen LogP contribution is 2.28. The number of carbonyl (C=O) groups is 2. The number of carbonyl (C=O) groups excluding carboxylic acids is 2. The third-order valence-corrected chi connectivity index (χ3v) is 8.78. The second kappa shape index (κ2) is 13.7. The topological polar surface area (TPSA) is 86.8 Å². The van der Waals surface area contributed by atoms with Gasteiger partial charge in [0, 0.05) is 27.6 Å². The van der Waals surface area contributed by atoms with E-state index in [0.29, 0.717) is 32.3 Å². The summed E-state index contributed by atoms with van der Waals surface area (Å²) in [5.41, 5.74) is 0.862. The molecular weight excluding hydrogens is 625 g/mol. The summed E-state index contributed by atoms with van der Waals surface area (Å²) < 4.78 is 29.2. The Labute approximate surface area is 248 Å². The quantitative estimate of drug-likeness (QED) is 0.269. The molecule has 0 heterocycles. The molecule has 3 rings (SSSR count). The Balaban J connectivity index is 2.02. The van der Waals surface area contributed by atoms with Crippen molar-refractivity contribution in [3.8, 4) is 0 Å². The van der Waals surface area contributed by atoms with E-state index in [1.165, 1.54) is 17.0 Å². The van der Waals surface area contributed by atoms with E-state index in [0.717, 1.165) is 4.31 Å². The van der Waals surface area contributed by atoms with Gasteiger partial charge in [-0.05, 0) is 60.9 Å². The first kappa shape index (κ1) is 30.9. The van der Waals surface area contributed by atoms with Crippen LogP contribution in [0.25, 0.3) is 0 Å². The number of hydrogen-bond donors (Lipinski definition) is 1. The fourth-order valence-corrected chi connectivity index (χ4v) is 6.03. The Bertz CT molecular complexity index is 1420. The zero-order valence-corrected chi connectivity index (χ0v) is 25.7. The minimum atomic E-state index is -4.13. The van der Waals surface area contributed by atoms with Crippen molar-refractivity contribution in [1.29, 1.82) is 0 Å². The molecule has 0 saturated carbocycles. The maximum absolute atomic E-state index is 13.9. The molecule has 3 aromatic rings. The standard InChI is InChI=1S/C28H30BrCl2N3O4S/c1-19(2)16-32-28(36)20(3)33(17-21-12-13-23(30)15-26(21)31)27(35)18-34(24-9-7-8-22(29)14-24)39(37,38)25-10-5-4-6-11-25/h4-15,19-20H,16-18H2,1-3H3,(H,32,36). The SMILES string of the molecule is CC(C)CNC(=O)C(C)N(Cc1ccc(Cl)cc1Cl)C(=O)CN(c1cccc(Br)c1)S(=O)(=O)c1ccccc1. The summed E-state index contributed by atoms with van der Waals surface area (Å²) in [6.45, 7) is 5.40. The van der Waals surface area contributed by atoms with Gasteiger partial charge in [0.15, 0.2) is 0 Å². The first-order chi connectivity index (χ1) is 18.4. The molecule has 2 amide bonds. The van der Waals surface area contributed by atoms with Crippen molar-refractivity contribution in [2.45, 2.75) is 38.3 Å². The van der Waals surface area contributed by atoms with Gasteiger partial charge in [-0.25, -0.2) is 8.42 Å². The molecule has 0 aromatic heterocycles. The van der Waals surface area contributed by atoms with Gasteiger partial charge in [0.25, 0.3) is 10.0 Å². The number of benzene rings is 3. The van der Waals surface area contributed by atoms with Gasteiger partial charge in [0.1, 0.15) is 12.6 Å². The van der Waals surface area contributed by atoms with E-state index >= 15 is 0 Å². The molecule has 1 atom stereocenters. The van der Waals surface area contributed by atoms with Crippen molar-refractivity contribution in [2.24, 2.45) is 5.92 Å². The van der Waals surface area contributed by atoms with Gasteiger partial charge < -0.3 is 10.2 Å². The Kier molecular flexibility index (Phi) is 10.8. The van der Waals surface area contributed by atoms with E-state index in [4.69, 9.17) is 23.2 Å². The summed E-state index contributed by atoms with van der Waals surface area (Å²) in [6.07, 6.45) is 0. The van der Waals surface area contributed by atoms with E-state index in [1.54, 1.807) is 67.6 Å². The molecule has 0 saturated heterocycles. The molecule has 1 N–H and O–H groups in total. The van der Waals surface area contributed by atoms with Gasteiger partial charge >= 0.3 is 0 Å². The average molecular weight is 655 g/mol. The first-order valence-corrected chi connectivity index (χ1v) is 15.2. The van der Waals surface area contributed by atoms with Crippen molar-refractivity contribution >= 4 is 66.7 Å². The molecule has 0 aliphatic rings. The number of anilines is 1. The maximum atomic E-state index is 13.9. The van der Waals surface area contributed by atoms with E-state index in [9.17, 15) is 18.0 Å². The van der Waals surface area contributed by atoms with Crippen LogP contribution < -0.4 is 9.62 Å². The smallest absolute Gasteiger partial charge is 0.264 e. The highest BCUT2D eigenvalue weighted by Gasteiger charge is 2.32. The number of rotatable bonds is 11. The van der Waals surface area contributed by atoms with Crippen molar-refractivity contribution in [3.63, 3.8) is 0 Å². The largest absolute Gasteiger partial charge is 0.354 e. The minimum Gasteiger partial charge on any atom is -0.354 e. The summed E-state index contributed by atoms with van der Waals surface area (Å²) in [4.78, 5) is 28.3. The molecule has 7 nitrogen and oxygen atoms in total. The third kappa shape index (κ3) is 8.20. The zero-order valence-electron chi connectivity index (χ0n) is 21.8. The Morgan fingerprint density at radius 3 is 2.26 bits per heavy atom. The monoisotopic (exact) mass is 653 g/mol. The van der Waals surface area contributed by atoms with Crippen LogP contribution in [-0.2, 0) is 26.2 Å². The summed E-state index contributed by atoms with van der Waals surface area (Å²) in [5, 5.41) is 3.61. The molecule has 0 fully saturated rings. The molecule has 3 aromatic carbocycles. The second-order valence-electron chi connectivity index (χ2n) is 9.38. The van der Waals surface area contributed by atoms with E-state index in [2.05, 4.69) is 21.2 Å². The predicted molar refractivity (Wildman–Crippen MR) is 159 cm³/mol. The zero-order chi connectivity index (χ0) is 28.7. The van der Waals surface area contributed by atoms with E-state index in [1.807, 2.05) is 13.8 Å². The van der Waals surface area contributed by atoms with Crippen LogP contribution in [0.5, 0.6) is 0 Å². The Morgan fingerprint density at radius 2 is 1.64 bits per heavy atom. The highest BCUT2D eigenvalue weighted by atomic mass is 79.9. The van der Waals surface area contributed by atoms with Crippen LogP contribution in [0.3, 0.4) is 0 Å². The van der Waals surface area contributed by atoms with Gasteiger partial charge in [-0.15, -0.1) is 0 Å². The molecule has 0 aliphatic carbocycles. The number of nitrogens with one attached hydrogen (secondary N) is 1. The molecule has 0 spiro atoms.